The van der Waals surface area contributed by atoms with E-state index in [9.17, 15) is 0 Å². The van der Waals surface area contributed by atoms with Crippen LogP contribution in [-0.2, 0) is 4.74 Å². The van der Waals surface area contributed by atoms with Crippen LogP contribution in [0.1, 0.15) is 35.9 Å². The summed E-state index contributed by atoms with van der Waals surface area (Å²) in [5.41, 5.74) is 5.00. The first kappa shape index (κ1) is 20.9. The molecule has 1 unspecified atom stereocenters. The molecule has 9 heteroatoms. The maximum absolute atomic E-state index is 6.73. The van der Waals surface area contributed by atoms with Crippen molar-refractivity contribution in [1.82, 2.24) is 20.1 Å². The fourth-order valence-corrected chi connectivity index (χ4v) is 4.44. The molecule has 0 saturated carbocycles. The number of hydrogen-bond acceptors (Lipinski definition) is 8. The minimum Gasteiger partial charge on any atom is -0.379 e. The van der Waals surface area contributed by atoms with Gasteiger partial charge < -0.3 is 19.5 Å². The van der Waals surface area contributed by atoms with E-state index in [-0.39, 0.29) is 6.04 Å². The molecule has 0 aliphatic carbocycles. The van der Waals surface area contributed by atoms with E-state index in [1.54, 1.807) is 6.92 Å². The van der Waals surface area contributed by atoms with Gasteiger partial charge in [-0.15, -0.1) is 0 Å². The summed E-state index contributed by atoms with van der Waals surface area (Å²) in [5, 5.41) is 8.07. The first-order chi connectivity index (χ1) is 15.5. The number of ether oxygens (including phenoxy) is 1. The molecule has 5 rings (SSSR count). The Labute approximate surface area is 191 Å². The number of halogens is 1. The highest BCUT2D eigenvalue weighted by Gasteiger charge is 2.24. The first-order valence-electron chi connectivity index (χ1n) is 10.8. The van der Waals surface area contributed by atoms with Crippen LogP contribution in [0.2, 0.25) is 5.02 Å². The third kappa shape index (κ3) is 3.96. The summed E-state index contributed by atoms with van der Waals surface area (Å²) in [5.74, 6) is 2.65. The molecule has 2 aliphatic heterocycles. The molecular formula is C23H25ClN6O2. The minimum absolute atomic E-state index is 0.265. The van der Waals surface area contributed by atoms with Crippen LogP contribution in [0.15, 0.2) is 22.9 Å². The second-order valence-corrected chi connectivity index (χ2v) is 8.55. The Hall–Kier alpha value is -2.97. The molecule has 3 aromatic rings. The standard InChI is InChI=1S/C23H25ClN6O2/c1-4-30-11-16(8-15-10-25-23(28-22(15)30)27-17-5-6-31-12-17)19-7-13(2)18(9-20(19)24)21-26-14(3)32-29-21/h7-10,17H,4-6,11-12H2,1-3H3,(H,25,27,28). The number of aromatic nitrogens is 4. The maximum Gasteiger partial charge on any atom is 0.224 e. The zero-order valence-corrected chi connectivity index (χ0v) is 19.1. The van der Waals surface area contributed by atoms with E-state index in [1.165, 1.54) is 0 Å². The number of hydrogen-bond donors (Lipinski definition) is 1. The van der Waals surface area contributed by atoms with E-state index in [0.717, 1.165) is 53.2 Å². The molecule has 0 spiro atoms. The lowest BCUT2D eigenvalue weighted by molar-refractivity contribution is 0.195. The monoisotopic (exact) mass is 452 g/mol. The van der Waals surface area contributed by atoms with Gasteiger partial charge in [0.25, 0.3) is 0 Å². The lowest BCUT2D eigenvalue weighted by Crippen LogP contribution is -2.30. The summed E-state index contributed by atoms with van der Waals surface area (Å²) in [6, 6.07) is 4.27. The lowest BCUT2D eigenvalue weighted by atomic mass is 9.95. The third-order valence-electron chi connectivity index (χ3n) is 5.86. The summed E-state index contributed by atoms with van der Waals surface area (Å²) in [6.45, 7) is 8.94. The van der Waals surface area contributed by atoms with E-state index < -0.39 is 0 Å². The average Bonchev–Trinajstić information content (AvgIpc) is 3.46. The second-order valence-electron chi connectivity index (χ2n) is 8.15. The van der Waals surface area contributed by atoms with Crippen molar-refractivity contribution in [1.29, 1.82) is 0 Å². The number of likely N-dealkylation sites (N-methyl/N-ethyl adjacent to an activating group) is 1. The maximum atomic E-state index is 6.73. The summed E-state index contributed by atoms with van der Waals surface area (Å²) in [7, 11) is 0. The van der Waals surface area contributed by atoms with Crippen molar-refractivity contribution in [3.63, 3.8) is 0 Å². The SMILES string of the molecule is CCN1CC(c2cc(C)c(-c3noc(C)n3)cc2Cl)=Cc2cnc(NC3CCOC3)nc21. The van der Waals surface area contributed by atoms with Gasteiger partial charge in [0.15, 0.2) is 0 Å². The smallest absolute Gasteiger partial charge is 0.224 e. The molecule has 2 aromatic heterocycles. The summed E-state index contributed by atoms with van der Waals surface area (Å²) < 4.78 is 10.6. The van der Waals surface area contributed by atoms with Crippen molar-refractivity contribution < 1.29 is 9.26 Å². The van der Waals surface area contributed by atoms with Crippen LogP contribution in [-0.4, -0.2) is 52.5 Å². The minimum atomic E-state index is 0.265. The number of rotatable bonds is 5. The van der Waals surface area contributed by atoms with Crippen LogP contribution in [0.25, 0.3) is 23.0 Å². The third-order valence-corrected chi connectivity index (χ3v) is 6.17. The Morgan fingerprint density at radius 1 is 1.22 bits per heavy atom. The largest absolute Gasteiger partial charge is 0.379 e. The van der Waals surface area contributed by atoms with Gasteiger partial charge in [-0.2, -0.15) is 9.97 Å². The number of nitrogens with one attached hydrogen (secondary N) is 1. The molecule has 1 fully saturated rings. The van der Waals surface area contributed by atoms with Gasteiger partial charge in [-0.3, -0.25) is 0 Å². The van der Waals surface area contributed by atoms with Crippen LogP contribution >= 0.6 is 11.6 Å². The highest BCUT2D eigenvalue weighted by molar-refractivity contribution is 6.33. The molecule has 0 bridgehead atoms. The van der Waals surface area contributed by atoms with Crippen LogP contribution in [0.4, 0.5) is 11.8 Å². The van der Waals surface area contributed by atoms with Gasteiger partial charge in [-0.25, -0.2) is 4.98 Å². The Morgan fingerprint density at radius 2 is 2.09 bits per heavy atom. The quantitative estimate of drug-likeness (QED) is 0.610. The predicted octanol–water partition coefficient (Wildman–Crippen LogP) is 4.38. The van der Waals surface area contributed by atoms with Gasteiger partial charge in [0, 0.05) is 49.0 Å². The Bertz CT molecular complexity index is 1190. The van der Waals surface area contributed by atoms with Gasteiger partial charge in [0.1, 0.15) is 5.82 Å². The summed E-state index contributed by atoms with van der Waals surface area (Å²) in [6.07, 6.45) is 4.97. The summed E-state index contributed by atoms with van der Waals surface area (Å²) in [4.78, 5) is 15.9. The van der Waals surface area contributed by atoms with Crippen LogP contribution in [0.3, 0.4) is 0 Å². The molecule has 2 aliphatic rings. The molecule has 1 N–H and O–H groups in total. The molecule has 0 radical (unpaired) electrons. The van der Waals surface area contributed by atoms with Crippen molar-refractivity contribution >= 4 is 35.0 Å². The van der Waals surface area contributed by atoms with E-state index in [0.29, 0.717) is 35.8 Å². The highest BCUT2D eigenvalue weighted by Crippen LogP contribution is 2.37. The summed E-state index contributed by atoms with van der Waals surface area (Å²) >= 11 is 6.73. The van der Waals surface area contributed by atoms with Crippen molar-refractivity contribution in [3.05, 3.63) is 45.9 Å². The normalized spacial score (nSPS) is 17.9. The molecule has 1 saturated heterocycles. The van der Waals surface area contributed by atoms with E-state index in [2.05, 4.69) is 44.4 Å². The molecule has 1 atom stereocenters. The molecular weight excluding hydrogens is 428 g/mol. The average molecular weight is 453 g/mol. The first-order valence-corrected chi connectivity index (χ1v) is 11.2. The molecule has 166 valence electrons. The topological polar surface area (TPSA) is 89.2 Å². The van der Waals surface area contributed by atoms with Gasteiger partial charge in [0.2, 0.25) is 17.7 Å². The second kappa shape index (κ2) is 8.52. The number of aryl methyl sites for hydroxylation is 2. The van der Waals surface area contributed by atoms with E-state index in [4.69, 9.17) is 25.8 Å². The Morgan fingerprint density at radius 3 is 2.81 bits per heavy atom. The molecule has 4 heterocycles. The number of fused-ring (bicyclic) bond motifs is 1. The predicted molar refractivity (Wildman–Crippen MR) is 125 cm³/mol. The van der Waals surface area contributed by atoms with Crippen molar-refractivity contribution in [2.24, 2.45) is 0 Å². The van der Waals surface area contributed by atoms with Crippen LogP contribution in [0, 0.1) is 13.8 Å². The van der Waals surface area contributed by atoms with Gasteiger partial charge >= 0.3 is 0 Å². The zero-order chi connectivity index (χ0) is 22.2. The number of anilines is 2. The fraction of sp³-hybridized carbons (Fsp3) is 0.391. The molecule has 32 heavy (non-hydrogen) atoms. The molecule has 1 aromatic carbocycles. The lowest BCUT2D eigenvalue weighted by Gasteiger charge is -2.30. The fourth-order valence-electron chi connectivity index (χ4n) is 4.15. The van der Waals surface area contributed by atoms with Crippen molar-refractivity contribution in [2.75, 3.05) is 36.5 Å². The Balaban J connectivity index is 1.48. The van der Waals surface area contributed by atoms with Gasteiger partial charge in [-0.05, 0) is 55.2 Å². The number of benzene rings is 1. The highest BCUT2D eigenvalue weighted by atomic mass is 35.5. The van der Waals surface area contributed by atoms with Crippen LogP contribution in [0.5, 0.6) is 0 Å². The van der Waals surface area contributed by atoms with Crippen LogP contribution < -0.4 is 10.2 Å². The Kier molecular flexibility index (Phi) is 5.57. The van der Waals surface area contributed by atoms with E-state index in [1.807, 2.05) is 19.2 Å². The van der Waals surface area contributed by atoms with Crippen molar-refractivity contribution in [3.8, 4) is 11.4 Å². The van der Waals surface area contributed by atoms with Gasteiger partial charge in [-0.1, -0.05) is 16.8 Å². The molecule has 0 amide bonds. The van der Waals surface area contributed by atoms with E-state index >= 15 is 0 Å². The zero-order valence-electron chi connectivity index (χ0n) is 18.4. The van der Waals surface area contributed by atoms with Gasteiger partial charge in [0.05, 0.1) is 12.6 Å². The van der Waals surface area contributed by atoms with Crippen molar-refractivity contribution in [2.45, 2.75) is 33.2 Å². The number of nitrogens with zero attached hydrogens (tertiary/aromatic N) is 5. The molecule has 8 nitrogen and oxygen atoms in total.